The van der Waals surface area contributed by atoms with Crippen molar-refractivity contribution in [2.75, 3.05) is 6.61 Å². The molecule has 1 fully saturated rings. The average Bonchev–Trinajstić information content (AvgIpc) is 2.66. The fraction of sp³-hybridized carbons (Fsp3) is 1.00. The van der Waals surface area contributed by atoms with Crippen LogP contribution in [0.2, 0.25) is 0 Å². The molecule has 10 heavy (non-hydrogen) atoms. The van der Waals surface area contributed by atoms with Crippen LogP contribution < -0.4 is 0 Å². The monoisotopic (exact) mass is 144 g/mol. The van der Waals surface area contributed by atoms with E-state index in [1.807, 2.05) is 6.92 Å². The summed E-state index contributed by atoms with van der Waals surface area (Å²) in [6.45, 7) is 4.68. The zero-order valence-corrected chi connectivity index (χ0v) is 6.71. The van der Waals surface area contributed by atoms with Crippen molar-refractivity contribution in [2.45, 2.75) is 33.0 Å². The van der Waals surface area contributed by atoms with Gasteiger partial charge in [-0.25, -0.2) is 0 Å². The molecule has 0 aromatic rings. The molecular formula is C8H16O2. The zero-order valence-electron chi connectivity index (χ0n) is 6.71. The second kappa shape index (κ2) is 3.35. The van der Waals surface area contributed by atoms with Crippen LogP contribution in [0.15, 0.2) is 0 Å². The van der Waals surface area contributed by atoms with Gasteiger partial charge in [0, 0.05) is 12.5 Å². The Morgan fingerprint density at radius 3 is 2.70 bits per heavy atom. The molecule has 1 saturated carbocycles. The van der Waals surface area contributed by atoms with E-state index in [0.717, 1.165) is 12.3 Å². The molecule has 3 atom stereocenters. The van der Waals surface area contributed by atoms with Gasteiger partial charge in [0.15, 0.2) is 6.29 Å². The van der Waals surface area contributed by atoms with Crippen molar-refractivity contribution in [1.82, 2.24) is 0 Å². The highest BCUT2D eigenvalue weighted by atomic mass is 16.6. The number of rotatable bonds is 4. The molecule has 1 rings (SSSR count). The molecular weight excluding hydrogens is 128 g/mol. The molecule has 3 unspecified atom stereocenters. The fourth-order valence-electron chi connectivity index (χ4n) is 1.38. The molecule has 0 aromatic carbocycles. The molecule has 0 saturated heterocycles. The molecule has 2 heteroatoms. The molecule has 0 aliphatic heterocycles. The van der Waals surface area contributed by atoms with E-state index in [-0.39, 0.29) is 0 Å². The highest BCUT2D eigenvalue weighted by molar-refractivity contribution is 4.86. The van der Waals surface area contributed by atoms with Crippen molar-refractivity contribution in [3.8, 4) is 0 Å². The van der Waals surface area contributed by atoms with Crippen LogP contribution in [-0.2, 0) is 4.74 Å². The van der Waals surface area contributed by atoms with E-state index in [1.165, 1.54) is 6.42 Å². The lowest BCUT2D eigenvalue weighted by Gasteiger charge is -2.08. The van der Waals surface area contributed by atoms with Gasteiger partial charge in [0.1, 0.15) is 0 Å². The van der Waals surface area contributed by atoms with Crippen molar-refractivity contribution >= 4 is 0 Å². The topological polar surface area (TPSA) is 29.5 Å². The fourth-order valence-corrected chi connectivity index (χ4v) is 1.38. The molecule has 1 aliphatic carbocycles. The summed E-state index contributed by atoms with van der Waals surface area (Å²) in [7, 11) is 0. The van der Waals surface area contributed by atoms with Crippen LogP contribution in [0.5, 0.6) is 0 Å². The van der Waals surface area contributed by atoms with E-state index in [4.69, 9.17) is 4.74 Å². The van der Waals surface area contributed by atoms with E-state index in [1.54, 1.807) is 0 Å². The first-order valence-electron chi connectivity index (χ1n) is 4.09. The van der Waals surface area contributed by atoms with E-state index in [2.05, 4.69) is 6.92 Å². The Balaban J connectivity index is 2.12. The lowest BCUT2D eigenvalue weighted by atomic mass is 10.2. The number of ether oxygens (including phenoxy) is 1. The highest BCUT2D eigenvalue weighted by Crippen LogP contribution is 2.43. The van der Waals surface area contributed by atoms with Gasteiger partial charge < -0.3 is 9.84 Å². The number of hydrogen-bond acceptors (Lipinski definition) is 2. The van der Waals surface area contributed by atoms with Crippen LogP contribution in [0, 0.1) is 11.8 Å². The highest BCUT2D eigenvalue weighted by Gasteiger charge is 2.41. The van der Waals surface area contributed by atoms with E-state index in [0.29, 0.717) is 12.5 Å². The molecule has 0 amide bonds. The summed E-state index contributed by atoms with van der Waals surface area (Å²) in [5.74, 6) is 1.16. The smallest absolute Gasteiger partial charge is 0.157 e. The Kier molecular flexibility index (Phi) is 2.69. The number of aliphatic hydroxyl groups is 1. The predicted octanol–water partition coefficient (Wildman–Crippen LogP) is 1.39. The van der Waals surface area contributed by atoms with Crippen molar-refractivity contribution in [1.29, 1.82) is 0 Å². The van der Waals surface area contributed by atoms with Crippen molar-refractivity contribution in [3.63, 3.8) is 0 Å². The van der Waals surface area contributed by atoms with Gasteiger partial charge in [-0.2, -0.15) is 0 Å². The minimum Gasteiger partial charge on any atom is -0.368 e. The third kappa shape index (κ3) is 1.70. The van der Waals surface area contributed by atoms with Gasteiger partial charge in [0.05, 0.1) is 0 Å². The van der Waals surface area contributed by atoms with Gasteiger partial charge in [-0.15, -0.1) is 0 Å². The molecule has 1 N–H and O–H groups in total. The van der Waals surface area contributed by atoms with Crippen molar-refractivity contribution in [3.05, 3.63) is 0 Å². The SMILES string of the molecule is CCOC(O)C1CC1CC. The van der Waals surface area contributed by atoms with Crippen LogP contribution in [0.3, 0.4) is 0 Å². The van der Waals surface area contributed by atoms with E-state index in [9.17, 15) is 5.11 Å². The Bertz CT molecular complexity index is 103. The molecule has 0 bridgehead atoms. The molecule has 60 valence electrons. The van der Waals surface area contributed by atoms with Gasteiger partial charge in [-0.3, -0.25) is 0 Å². The second-order valence-corrected chi connectivity index (χ2v) is 2.91. The standard InChI is InChI=1S/C8H16O2/c1-3-6-5-7(6)8(9)10-4-2/h6-9H,3-5H2,1-2H3. The molecule has 0 heterocycles. The summed E-state index contributed by atoms with van der Waals surface area (Å²) in [6, 6.07) is 0. The van der Waals surface area contributed by atoms with E-state index >= 15 is 0 Å². The maximum Gasteiger partial charge on any atom is 0.157 e. The lowest BCUT2D eigenvalue weighted by Crippen LogP contribution is -2.15. The number of aliphatic hydroxyl groups excluding tert-OH is 1. The Morgan fingerprint density at radius 2 is 2.30 bits per heavy atom. The summed E-state index contributed by atoms with van der Waals surface area (Å²) in [4.78, 5) is 0. The van der Waals surface area contributed by atoms with Gasteiger partial charge in [0.2, 0.25) is 0 Å². The van der Waals surface area contributed by atoms with Gasteiger partial charge >= 0.3 is 0 Å². The minimum atomic E-state index is -0.491. The normalized spacial score (nSPS) is 33.9. The first-order chi connectivity index (χ1) is 4.79. The van der Waals surface area contributed by atoms with Crippen LogP contribution in [0.1, 0.15) is 26.7 Å². The van der Waals surface area contributed by atoms with Crippen LogP contribution in [-0.4, -0.2) is 18.0 Å². The lowest BCUT2D eigenvalue weighted by molar-refractivity contribution is -0.111. The quantitative estimate of drug-likeness (QED) is 0.604. The summed E-state index contributed by atoms with van der Waals surface area (Å²) >= 11 is 0. The first-order valence-corrected chi connectivity index (χ1v) is 4.09. The third-order valence-corrected chi connectivity index (χ3v) is 2.21. The maximum absolute atomic E-state index is 9.27. The third-order valence-electron chi connectivity index (χ3n) is 2.21. The first kappa shape index (κ1) is 8.02. The Hall–Kier alpha value is -0.0800. The molecule has 0 radical (unpaired) electrons. The Labute approximate surface area is 62.2 Å². The minimum absolute atomic E-state index is 0.435. The van der Waals surface area contributed by atoms with Gasteiger partial charge in [-0.05, 0) is 19.3 Å². The molecule has 2 nitrogen and oxygen atoms in total. The summed E-state index contributed by atoms with van der Waals surface area (Å²) in [5.41, 5.74) is 0. The average molecular weight is 144 g/mol. The zero-order chi connectivity index (χ0) is 7.56. The second-order valence-electron chi connectivity index (χ2n) is 2.91. The van der Waals surface area contributed by atoms with Crippen molar-refractivity contribution < 1.29 is 9.84 Å². The van der Waals surface area contributed by atoms with Crippen LogP contribution in [0.4, 0.5) is 0 Å². The number of hydrogen-bond donors (Lipinski definition) is 1. The van der Waals surface area contributed by atoms with Crippen LogP contribution in [0.25, 0.3) is 0 Å². The van der Waals surface area contributed by atoms with Gasteiger partial charge in [-0.1, -0.05) is 13.3 Å². The van der Waals surface area contributed by atoms with Crippen LogP contribution >= 0.6 is 0 Å². The maximum atomic E-state index is 9.27. The van der Waals surface area contributed by atoms with E-state index < -0.39 is 6.29 Å². The summed E-state index contributed by atoms with van der Waals surface area (Å²) in [5, 5.41) is 9.27. The molecule has 0 spiro atoms. The van der Waals surface area contributed by atoms with Crippen molar-refractivity contribution in [2.24, 2.45) is 11.8 Å². The van der Waals surface area contributed by atoms with Gasteiger partial charge in [0.25, 0.3) is 0 Å². The molecule has 0 aromatic heterocycles. The molecule has 1 aliphatic rings. The largest absolute Gasteiger partial charge is 0.368 e. The predicted molar refractivity (Wildman–Crippen MR) is 39.5 cm³/mol. The Morgan fingerprint density at radius 1 is 1.60 bits per heavy atom. The summed E-state index contributed by atoms with van der Waals surface area (Å²) < 4.78 is 5.05. The summed E-state index contributed by atoms with van der Waals surface area (Å²) in [6.07, 6.45) is 1.84.